The van der Waals surface area contributed by atoms with Gasteiger partial charge in [0.2, 0.25) is 0 Å². The second-order valence-corrected chi connectivity index (χ2v) is 7.02. The summed E-state index contributed by atoms with van der Waals surface area (Å²) in [5, 5.41) is 0.911. The Morgan fingerprint density at radius 1 is 1.19 bits per heavy atom. The molecule has 0 spiro atoms. The van der Waals surface area contributed by atoms with Crippen LogP contribution in [0.4, 0.5) is 4.39 Å². The number of ketones is 1. The molecule has 1 heterocycles. The van der Waals surface area contributed by atoms with Crippen molar-refractivity contribution in [1.29, 1.82) is 0 Å². The van der Waals surface area contributed by atoms with E-state index in [0.717, 1.165) is 29.6 Å². The highest BCUT2D eigenvalue weighted by Crippen LogP contribution is 2.19. The van der Waals surface area contributed by atoms with E-state index in [9.17, 15) is 9.18 Å². The van der Waals surface area contributed by atoms with Gasteiger partial charge in [0, 0.05) is 24.4 Å². The summed E-state index contributed by atoms with van der Waals surface area (Å²) >= 11 is 1.68. The summed E-state index contributed by atoms with van der Waals surface area (Å²) in [7, 11) is 1.65. The zero-order valence-corrected chi connectivity index (χ0v) is 15.5. The molecule has 0 aromatic heterocycles. The maximum absolute atomic E-state index is 13.0. The van der Waals surface area contributed by atoms with Gasteiger partial charge in [0.25, 0.3) is 0 Å². The van der Waals surface area contributed by atoms with Gasteiger partial charge in [0.05, 0.1) is 13.7 Å². The molecule has 6 heteroatoms. The van der Waals surface area contributed by atoms with Crippen LogP contribution in [0.25, 0.3) is 0 Å². The number of carbonyl (C=O) groups excluding carboxylic acids is 1. The Kier molecular flexibility index (Phi) is 6.28. The SMILES string of the molecule is COc1ccc(CCN=C2SCCN2CC(=O)c2ccc(F)cc2)cc1. The van der Waals surface area contributed by atoms with Crippen molar-refractivity contribution in [2.75, 3.05) is 32.5 Å². The Bertz CT molecular complexity index is 775. The number of ether oxygens (including phenoxy) is 1. The molecular weight excluding hydrogens is 351 g/mol. The van der Waals surface area contributed by atoms with E-state index in [1.54, 1.807) is 18.9 Å². The molecule has 0 unspecified atom stereocenters. The van der Waals surface area contributed by atoms with E-state index in [-0.39, 0.29) is 18.1 Å². The number of halogens is 1. The molecule has 0 amide bonds. The van der Waals surface area contributed by atoms with Crippen LogP contribution in [0.3, 0.4) is 0 Å². The van der Waals surface area contributed by atoms with Gasteiger partial charge in [-0.15, -0.1) is 0 Å². The molecule has 1 saturated heterocycles. The number of nitrogens with zero attached hydrogens (tertiary/aromatic N) is 2. The maximum Gasteiger partial charge on any atom is 0.182 e. The average molecular weight is 372 g/mol. The number of thioether (sulfide) groups is 1. The van der Waals surface area contributed by atoms with Gasteiger partial charge in [-0.1, -0.05) is 23.9 Å². The lowest BCUT2D eigenvalue weighted by Gasteiger charge is -2.17. The zero-order valence-electron chi connectivity index (χ0n) is 14.7. The van der Waals surface area contributed by atoms with Gasteiger partial charge in [-0.25, -0.2) is 4.39 Å². The first-order chi connectivity index (χ1) is 12.7. The van der Waals surface area contributed by atoms with Crippen LogP contribution in [-0.2, 0) is 6.42 Å². The van der Waals surface area contributed by atoms with Gasteiger partial charge in [-0.05, 0) is 48.4 Å². The van der Waals surface area contributed by atoms with E-state index >= 15 is 0 Å². The van der Waals surface area contributed by atoms with E-state index in [4.69, 9.17) is 4.74 Å². The number of aliphatic imine (C=N–C) groups is 1. The number of benzene rings is 2. The first kappa shape index (κ1) is 18.5. The zero-order chi connectivity index (χ0) is 18.4. The Balaban J connectivity index is 1.55. The first-order valence-corrected chi connectivity index (χ1v) is 9.48. The summed E-state index contributed by atoms with van der Waals surface area (Å²) < 4.78 is 18.1. The lowest BCUT2D eigenvalue weighted by molar-refractivity contribution is 0.0966. The average Bonchev–Trinajstić information content (AvgIpc) is 3.10. The van der Waals surface area contributed by atoms with Crippen LogP contribution < -0.4 is 4.74 Å². The number of rotatable bonds is 7. The molecule has 0 N–H and O–H groups in total. The van der Waals surface area contributed by atoms with Gasteiger partial charge in [0.15, 0.2) is 11.0 Å². The predicted molar refractivity (Wildman–Crippen MR) is 104 cm³/mol. The fourth-order valence-corrected chi connectivity index (χ4v) is 3.71. The highest BCUT2D eigenvalue weighted by Gasteiger charge is 2.22. The van der Waals surface area contributed by atoms with Crippen LogP contribution in [0.2, 0.25) is 0 Å². The van der Waals surface area contributed by atoms with Crippen molar-refractivity contribution in [2.45, 2.75) is 6.42 Å². The van der Waals surface area contributed by atoms with Crippen molar-refractivity contribution in [3.05, 3.63) is 65.5 Å². The fourth-order valence-electron chi connectivity index (χ4n) is 2.70. The van der Waals surface area contributed by atoms with Crippen molar-refractivity contribution in [1.82, 2.24) is 4.90 Å². The summed E-state index contributed by atoms with van der Waals surface area (Å²) in [6.07, 6.45) is 0.841. The lowest BCUT2D eigenvalue weighted by atomic mass is 10.1. The minimum absolute atomic E-state index is 0.0182. The minimum Gasteiger partial charge on any atom is -0.497 e. The third kappa shape index (κ3) is 4.85. The van der Waals surface area contributed by atoms with E-state index in [0.29, 0.717) is 12.1 Å². The molecule has 0 radical (unpaired) electrons. The van der Waals surface area contributed by atoms with Crippen molar-refractivity contribution in [3.8, 4) is 5.75 Å². The highest BCUT2D eigenvalue weighted by atomic mass is 32.2. The molecule has 2 aromatic rings. The van der Waals surface area contributed by atoms with Crippen LogP contribution in [0.15, 0.2) is 53.5 Å². The highest BCUT2D eigenvalue weighted by molar-refractivity contribution is 8.14. The molecule has 1 fully saturated rings. The monoisotopic (exact) mass is 372 g/mol. The molecule has 136 valence electrons. The molecular formula is C20H21FN2O2S. The van der Waals surface area contributed by atoms with Crippen LogP contribution >= 0.6 is 11.8 Å². The summed E-state index contributed by atoms with van der Waals surface area (Å²) in [6, 6.07) is 13.7. The van der Waals surface area contributed by atoms with E-state index in [2.05, 4.69) is 4.99 Å². The predicted octanol–water partition coefficient (Wildman–Crippen LogP) is 3.66. The summed E-state index contributed by atoms with van der Waals surface area (Å²) in [5.74, 6) is 1.42. The Labute approximate surface area is 157 Å². The number of amidine groups is 1. The van der Waals surface area contributed by atoms with Gasteiger partial charge < -0.3 is 9.64 Å². The van der Waals surface area contributed by atoms with Gasteiger partial charge in [-0.3, -0.25) is 9.79 Å². The fraction of sp³-hybridized carbons (Fsp3) is 0.300. The van der Waals surface area contributed by atoms with Crippen LogP contribution in [0.5, 0.6) is 5.75 Å². The lowest BCUT2D eigenvalue weighted by Crippen LogP contribution is -2.31. The second-order valence-electron chi connectivity index (χ2n) is 5.96. The van der Waals surface area contributed by atoms with E-state index < -0.39 is 0 Å². The van der Waals surface area contributed by atoms with Gasteiger partial charge in [0.1, 0.15) is 11.6 Å². The quantitative estimate of drug-likeness (QED) is 0.696. The number of Topliss-reactive ketones (excluding diaryl/α,β-unsaturated/α-hetero) is 1. The number of hydrogen-bond donors (Lipinski definition) is 0. The third-order valence-corrected chi connectivity index (χ3v) is 5.20. The molecule has 0 atom stereocenters. The normalized spacial score (nSPS) is 15.5. The second kappa shape index (κ2) is 8.85. The number of carbonyl (C=O) groups is 1. The molecule has 2 aromatic carbocycles. The van der Waals surface area contributed by atoms with Crippen molar-refractivity contribution >= 4 is 22.7 Å². The van der Waals surface area contributed by atoms with Crippen molar-refractivity contribution in [3.63, 3.8) is 0 Å². The van der Waals surface area contributed by atoms with Gasteiger partial charge >= 0.3 is 0 Å². The summed E-state index contributed by atoms with van der Waals surface area (Å²) in [6.45, 7) is 1.76. The van der Waals surface area contributed by atoms with Crippen molar-refractivity contribution < 1.29 is 13.9 Å². The van der Waals surface area contributed by atoms with Crippen LogP contribution in [-0.4, -0.2) is 48.3 Å². The topological polar surface area (TPSA) is 41.9 Å². The first-order valence-electron chi connectivity index (χ1n) is 8.49. The maximum atomic E-state index is 13.0. The molecule has 0 aliphatic carbocycles. The molecule has 0 bridgehead atoms. The smallest absolute Gasteiger partial charge is 0.182 e. The van der Waals surface area contributed by atoms with E-state index in [1.807, 2.05) is 29.2 Å². The largest absolute Gasteiger partial charge is 0.497 e. The Morgan fingerprint density at radius 2 is 1.92 bits per heavy atom. The van der Waals surface area contributed by atoms with Crippen LogP contribution in [0, 0.1) is 5.82 Å². The molecule has 26 heavy (non-hydrogen) atoms. The molecule has 1 aliphatic rings. The van der Waals surface area contributed by atoms with Crippen LogP contribution in [0.1, 0.15) is 15.9 Å². The number of methoxy groups -OCH3 is 1. The summed E-state index contributed by atoms with van der Waals surface area (Å²) in [5.41, 5.74) is 1.73. The Hall–Kier alpha value is -2.34. The number of hydrogen-bond acceptors (Lipinski definition) is 4. The van der Waals surface area contributed by atoms with Crippen molar-refractivity contribution in [2.24, 2.45) is 4.99 Å². The minimum atomic E-state index is -0.334. The Morgan fingerprint density at radius 3 is 2.62 bits per heavy atom. The standard InChI is InChI=1S/C20H21FN2O2S/c1-25-18-8-2-15(3-9-18)10-11-22-20-23(12-13-26-20)14-19(24)16-4-6-17(21)7-5-16/h2-9H,10-14H2,1H3. The van der Waals surface area contributed by atoms with Gasteiger partial charge in [-0.2, -0.15) is 0 Å². The molecule has 1 aliphatic heterocycles. The summed E-state index contributed by atoms with van der Waals surface area (Å²) in [4.78, 5) is 19.0. The molecule has 0 saturated carbocycles. The molecule has 3 rings (SSSR count). The third-order valence-electron chi connectivity index (χ3n) is 4.17. The molecule has 4 nitrogen and oxygen atoms in total. The van der Waals surface area contributed by atoms with E-state index in [1.165, 1.54) is 29.8 Å².